The fourth-order valence-corrected chi connectivity index (χ4v) is 5.49. The summed E-state index contributed by atoms with van der Waals surface area (Å²) in [4.78, 5) is 26.8. The van der Waals surface area contributed by atoms with Gasteiger partial charge in [-0.1, -0.05) is 11.6 Å². The summed E-state index contributed by atoms with van der Waals surface area (Å²) in [6, 6.07) is 5.32. The Morgan fingerprint density at radius 1 is 1.25 bits per heavy atom. The first-order chi connectivity index (χ1) is 17.4. The molecule has 1 fully saturated rings. The second-order valence-electron chi connectivity index (χ2n) is 9.62. The zero-order valence-electron chi connectivity index (χ0n) is 20.5. The lowest BCUT2D eigenvalue weighted by Crippen LogP contribution is -2.41. The highest BCUT2D eigenvalue weighted by atomic mass is 35.5. The van der Waals surface area contributed by atoms with Crippen LogP contribution in [0, 0.1) is 5.41 Å². The van der Waals surface area contributed by atoms with E-state index in [1.54, 1.807) is 43.9 Å². The number of nitrogens with zero attached hydrogens (tertiary/aromatic N) is 4. The van der Waals surface area contributed by atoms with Crippen LogP contribution in [0.5, 0.6) is 5.75 Å². The Morgan fingerprint density at radius 3 is 2.75 bits per heavy atom. The quantitative estimate of drug-likeness (QED) is 0.353. The van der Waals surface area contributed by atoms with Gasteiger partial charge in [0.05, 0.1) is 29.8 Å². The lowest BCUT2D eigenvalue weighted by atomic mass is 9.71. The average molecular weight is 515 g/mol. The van der Waals surface area contributed by atoms with Crippen LogP contribution in [0.25, 0.3) is 10.9 Å². The predicted molar refractivity (Wildman–Crippen MR) is 137 cm³/mol. The first-order valence-electron chi connectivity index (χ1n) is 12.3. The zero-order chi connectivity index (χ0) is 25.5. The summed E-state index contributed by atoms with van der Waals surface area (Å²) in [7, 11) is 1.56. The Hall–Kier alpha value is -2.84. The highest BCUT2D eigenvalue weighted by molar-refractivity contribution is 6.32. The summed E-state index contributed by atoms with van der Waals surface area (Å²) >= 11 is 6.39. The van der Waals surface area contributed by atoms with Crippen molar-refractivity contribution < 1.29 is 19.0 Å². The lowest BCUT2D eigenvalue weighted by molar-refractivity contribution is -0.141. The molecule has 1 atom stereocenters. The van der Waals surface area contributed by atoms with E-state index in [1.807, 2.05) is 0 Å². The molecule has 1 saturated heterocycles. The van der Waals surface area contributed by atoms with E-state index in [1.165, 1.54) is 6.20 Å². The van der Waals surface area contributed by atoms with Crippen LogP contribution < -0.4 is 4.74 Å². The van der Waals surface area contributed by atoms with E-state index < -0.39 is 17.6 Å². The van der Waals surface area contributed by atoms with Crippen LogP contribution in [0.1, 0.15) is 56.0 Å². The van der Waals surface area contributed by atoms with Gasteiger partial charge in [-0.3, -0.25) is 19.7 Å². The molecule has 1 aliphatic rings. The molecule has 192 valence electrons. The van der Waals surface area contributed by atoms with Crippen molar-refractivity contribution in [2.75, 3.05) is 26.7 Å². The number of carboxylic acid groups (broad SMARTS) is 1. The number of pyridine rings is 1. The number of ether oxygens (including phenoxy) is 1. The largest absolute Gasteiger partial charge is 0.497 e. The summed E-state index contributed by atoms with van der Waals surface area (Å²) in [6.45, 7) is 2.54. The molecule has 3 heterocycles. The van der Waals surface area contributed by atoms with Crippen molar-refractivity contribution in [3.63, 3.8) is 0 Å². The van der Waals surface area contributed by atoms with Crippen molar-refractivity contribution >= 4 is 28.5 Å². The number of aromatic nitrogens is 3. The topological polar surface area (TPSA) is 88.4 Å². The molecule has 2 aromatic heterocycles. The Labute approximate surface area is 215 Å². The Kier molecular flexibility index (Phi) is 8.69. The van der Waals surface area contributed by atoms with Crippen molar-refractivity contribution in [1.82, 2.24) is 19.9 Å². The molecule has 1 aromatic carbocycles. The number of carboxylic acids is 1. The molecule has 0 radical (unpaired) electrons. The summed E-state index contributed by atoms with van der Waals surface area (Å²) in [5.41, 5.74) is 1.59. The van der Waals surface area contributed by atoms with E-state index in [-0.39, 0.29) is 17.9 Å². The van der Waals surface area contributed by atoms with Crippen molar-refractivity contribution in [3.05, 3.63) is 59.3 Å². The number of benzene rings is 1. The lowest BCUT2D eigenvalue weighted by Gasteiger charge is -2.41. The number of aryl methyl sites for hydroxylation is 1. The molecule has 9 heteroatoms. The van der Waals surface area contributed by atoms with Gasteiger partial charge < -0.3 is 14.7 Å². The number of alkyl halides is 1. The van der Waals surface area contributed by atoms with Crippen molar-refractivity contribution in [2.24, 2.45) is 5.41 Å². The summed E-state index contributed by atoms with van der Waals surface area (Å²) < 4.78 is 21.0. The van der Waals surface area contributed by atoms with Gasteiger partial charge >= 0.3 is 5.97 Å². The maximum Gasteiger partial charge on any atom is 0.303 e. The molecular weight excluding hydrogens is 483 g/mol. The van der Waals surface area contributed by atoms with Crippen LogP contribution in [0.15, 0.2) is 43.0 Å². The maximum absolute atomic E-state index is 15.7. The number of hydrogen-bond acceptors (Lipinski definition) is 6. The van der Waals surface area contributed by atoms with E-state index in [0.717, 1.165) is 51.0 Å². The minimum Gasteiger partial charge on any atom is -0.497 e. The first-order valence-corrected chi connectivity index (χ1v) is 12.7. The van der Waals surface area contributed by atoms with Crippen LogP contribution in [0.2, 0.25) is 5.02 Å². The number of fused-ring (bicyclic) bond motifs is 1. The molecule has 4 rings (SSSR count). The minimum absolute atomic E-state index is 0.0474. The SMILES string of the molecule is COc1ccc2ncc(Cl)c([C@H](F)CCC3(CC(=O)O)CCN(CCCc4cnccn4)CC3)c2c1. The van der Waals surface area contributed by atoms with Gasteiger partial charge in [-0.05, 0) is 81.8 Å². The van der Waals surface area contributed by atoms with Crippen LogP contribution in [-0.4, -0.2) is 57.7 Å². The molecule has 0 aliphatic carbocycles. The van der Waals surface area contributed by atoms with Gasteiger partial charge in [0, 0.05) is 35.7 Å². The van der Waals surface area contributed by atoms with Crippen molar-refractivity contribution in [1.29, 1.82) is 0 Å². The molecule has 7 nitrogen and oxygen atoms in total. The molecule has 0 spiro atoms. The van der Waals surface area contributed by atoms with Gasteiger partial charge in [-0.25, -0.2) is 4.39 Å². The Balaban J connectivity index is 1.39. The minimum atomic E-state index is -1.33. The fourth-order valence-electron chi connectivity index (χ4n) is 5.22. The van der Waals surface area contributed by atoms with Crippen molar-refractivity contribution in [3.8, 4) is 5.75 Å². The molecule has 1 aliphatic heterocycles. The third-order valence-electron chi connectivity index (χ3n) is 7.28. The van der Waals surface area contributed by atoms with Crippen LogP contribution in [0.4, 0.5) is 4.39 Å². The number of halogens is 2. The normalized spacial score (nSPS) is 16.6. The third kappa shape index (κ3) is 6.48. The third-order valence-corrected chi connectivity index (χ3v) is 7.58. The fraction of sp³-hybridized carbons (Fsp3) is 0.481. The molecule has 36 heavy (non-hydrogen) atoms. The van der Waals surface area contributed by atoms with Gasteiger partial charge in [0.15, 0.2) is 0 Å². The molecule has 3 aromatic rings. The number of rotatable bonds is 11. The van der Waals surface area contributed by atoms with E-state index in [4.69, 9.17) is 16.3 Å². The Bertz CT molecular complexity index is 1170. The van der Waals surface area contributed by atoms with Gasteiger partial charge in [0.1, 0.15) is 11.9 Å². The zero-order valence-corrected chi connectivity index (χ0v) is 21.3. The molecule has 0 unspecified atom stereocenters. The summed E-state index contributed by atoms with van der Waals surface area (Å²) in [5, 5.41) is 10.5. The van der Waals surface area contributed by atoms with Crippen LogP contribution in [-0.2, 0) is 11.2 Å². The monoisotopic (exact) mass is 514 g/mol. The molecule has 0 amide bonds. The van der Waals surface area contributed by atoms with E-state index >= 15 is 4.39 Å². The first kappa shape index (κ1) is 26.2. The van der Waals surface area contributed by atoms with E-state index in [0.29, 0.717) is 28.6 Å². The number of likely N-dealkylation sites (tertiary alicyclic amines) is 1. The van der Waals surface area contributed by atoms with Gasteiger partial charge in [0.2, 0.25) is 0 Å². The second-order valence-corrected chi connectivity index (χ2v) is 10.0. The summed E-state index contributed by atoms with van der Waals surface area (Å²) in [5.74, 6) is -0.229. The number of aliphatic carboxylic acids is 1. The van der Waals surface area contributed by atoms with Gasteiger partial charge in [-0.2, -0.15) is 0 Å². The molecule has 0 saturated carbocycles. The van der Waals surface area contributed by atoms with Crippen molar-refractivity contribution in [2.45, 2.75) is 51.1 Å². The molecular formula is C27H32ClFN4O3. The number of piperidine rings is 1. The Morgan fingerprint density at radius 2 is 2.06 bits per heavy atom. The molecule has 0 bridgehead atoms. The summed E-state index contributed by atoms with van der Waals surface area (Å²) in [6.07, 6.45) is 9.33. The number of hydrogen-bond donors (Lipinski definition) is 1. The predicted octanol–water partition coefficient (Wildman–Crippen LogP) is 5.67. The highest BCUT2D eigenvalue weighted by Crippen LogP contribution is 2.44. The van der Waals surface area contributed by atoms with Gasteiger partial charge in [0.25, 0.3) is 0 Å². The van der Waals surface area contributed by atoms with Crippen LogP contribution >= 0.6 is 11.6 Å². The highest BCUT2D eigenvalue weighted by Gasteiger charge is 2.37. The smallest absolute Gasteiger partial charge is 0.303 e. The standard InChI is InChI=1S/C27H32ClFN4O3/c1-36-20-4-5-24-21(15-20)26(22(28)18-32-24)23(29)6-7-27(16-25(34)35)8-13-33(14-9-27)12-2-3-19-17-30-10-11-31-19/h4-5,10-11,15,17-18,23H,2-3,6-9,12-14,16H2,1H3,(H,34,35)/t23-/m1/s1. The van der Waals surface area contributed by atoms with Gasteiger partial charge in [-0.15, -0.1) is 0 Å². The maximum atomic E-state index is 15.7. The van der Waals surface area contributed by atoms with E-state index in [9.17, 15) is 9.90 Å². The number of carbonyl (C=O) groups is 1. The molecule has 1 N–H and O–H groups in total. The van der Waals surface area contributed by atoms with E-state index in [2.05, 4.69) is 19.9 Å². The number of methoxy groups -OCH3 is 1. The van der Waals surface area contributed by atoms with Crippen LogP contribution in [0.3, 0.4) is 0 Å². The average Bonchev–Trinajstić information content (AvgIpc) is 2.88. The second kappa shape index (κ2) is 11.9.